The van der Waals surface area contributed by atoms with Gasteiger partial charge in [0.1, 0.15) is 18.1 Å². The number of rotatable bonds is 12. The fourth-order valence-corrected chi connectivity index (χ4v) is 3.77. The Balaban J connectivity index is 2.09. The van der Waals surface area contributed by atoms with Gasteiger partial charge in [0.05, 0.1) is 18.9 Å². The molecule has 3 amide bonds. The van der Waals surface area contributed by atoms with Crippen molar-refractivity contribution in [1.29, 1.82) is 0 Å². The molecule has 1 saturated heterocycles. The lowest BCUT2D eigenvalue weighted by Gasteiger charge is -2.28. The summed E-state index contributed by atoms with van der Waals surface area (Å²) in [6.07, 6.45) is -0.843. The molecule has 1 aromatic carbocycles. The lowest BCUT2D eigenvalue weighted by Crippen LogP contribution is -2.57. The number of carboxylic acids is 3. The van der Waals surface area contributed by atoms with Crippen LogP contribution in [0.25, 0.3) is 0 Å². The molecule has 13 heteroatoms. The third-order valence-corrected chi connectivity index (χ3v) is 5.46. The lowest BCUT2D eigenvalue weighted by molar-refractivity contribution is -0.148. The Morgan fingerprint density at radius 3 is 2.11 bits per heavy atom. The van der Waals surface area contributed by atoms with Crippen molar-refractivity contribution in [3.63, 3.8) is 0 Å². The summed E-state index contributed by atoms with van der Waals surface area (Å²) in [7, 11) is 0. The molecule has 7 N–H and O–H groups in total. The first-order valence-electron chi connectivity index (χ1n) is 10.9. The number of aliphatic carboxylic acids is 3. The maximum absolute atomic E-state index is 12.9. The molecule has 1 aliphatic rings. The molecular formula is C22H28N4O9. The maximum Gasteiger partial charge on any atom is 0.326 e. The lowest BCUT2D eigenvalue weighted by atomic mass is 10.0. The van der Waals surface area contributed by atoms with Crippen LogP contribution in [0, 0.1) is 0 Å². The van der Waals surface area contributed by atoms with E-state index >= 15 is 0 Å². The molecule has 0 spiro atoms. The summed E-state index contributed by atoms with van der Waals surface area (Å²) in [5, 5.41) is 31.2. The zero-order valence-electron chi connectivity index (χ0n) is 18.8. The number of carbonyl (C=O) groups excluding carboxylic acids is 3. The van der Waals surface area contributed by atoms with Crippen LogP contribution in [-0.2, 0) is 35.2 Å². The minimum Gasteiger partial charge on any atom is -0.481 e. The summed E-state index contributed by atoms with van der Waals surface area (Å²) < 4.78 is 0. The summed E-state index contributed by atoms with van der Waals surface area (Å²) in [6, 6.07) is 3.62. The highest BCUT2D eigenvalue weighted by molar-refractivity contribution is 5.96. The van der Waals surface area contributed by atoms with E-state index < -0.39 is 72.6 Å². The molecule has 1 heterocycles. The zero-order chi connectivity index (χ0) is 26.1. The SMILES string of the molecule is NC(Cc1ccccc1)C(=O)N1CCCC1C(=O)NC(CC(=O)O)C(=O)NC(CC(=O)O)C(=O)O. The van der Waals surface area contributed by atoms with Gasteiger partial charge in [-0.15, -0.1) is 0 Å². The fraction of sp³-hybridized carbons (Fsp3) is 0.455. The van der Waals surface area contributed by atoms with Crippen LogP contribution in [0.4, 0.5) is 0 Å². The second-order valence-corrected chi connectivity index (χ2v) is 8.14. The van der Waals surface area contributed by atoms with Crippen LogP contribution in [0.3, 0.4) is 0 Å². The summed E-state index contributed by atoms with van der Waals surface area (Å²) in [4.78, 5) is 72.9. The third-order valence-electron chi connectivity index (χ3n) is 5.46. The van der Waals surface area contributed by atoms with Gasteiger partial charge >= 0.3 is 17.9 Å². The van der Waals surface area contributed by atoms with Gasteiger partial charge in [0.2, 0.25) is 17.7 Å². The van der Waals surface area contributed by atoms with Crippen LogP contribution in [0.15, 0.2) is 30.3 Å². The maximum atomic E-state index is 12.9. The van der Waals surface area contributed by atoms with E-state index in [9.17, 15) is 28.8 Å². The molecule has 1 aliphatic heterocycles. The van der Waals surface area contributed by atoms with Gasteiger partial charge in [0.25, 0.3) is 0 Å². The van der Waals surface area contributed by atoms with Crippen molar-refractivity contribution in [2.45, 2.75) is 56.3 Å². The van der Waals surface area contributed by atoms with E-state index in [-0.39, 0.29) is 19.4 Å². The number of likely N-dealkylation sites (tertiary alicyclic amines) is 1. The summed E-state index contributed by atoms with van der Waals surface area (Å²) in [5.74, 6) is -7.04. The third kappa shape index (κ3) is 8.07. The molecule has 4 unspecified atom stereocenters. The molecule has 0 saturated carbocycles. The van der Waals surface area contributed by atoms with E-state index in [4.69, 9.17) is 21.1 Å². The minimum absolute atomic E-state index is 0.245. The van der Waals surface area contributed by atoms with Gasteiger partial charge in [-0.05, 0) is 24.8 Å². The highest BCUT2D eigenvalue weighted by atomic mass is 16.4. The number of nitrogens with one attached hydrogen (secondary N) is 2. The summed E-state index contributed by atoms with van der Waals surface area (Å²) >= 11 is 0. The molecule has 0 aliphatic carbocycles. The smallest absolute Gasteiger partial charge is 0.326 e. The number of benzene rings is 1. The van der Waals surface area contributed by atoms with Crippen LogP contribution in [0.1, 0.15) is 31.2 Å². The number of carbonyl (C=O) groups is 6. The highest BCUT2D eigenvalue weighted by Gasteiger charge is 2.38. The molecule has 4 atom stereocenters. The van der Waals surface area contributed by atoms with E-state index in [0.717, 1.165) is 5.56 Å². The molecule has 0 radical (unpaired) electrons. The average Bonchev–Trinajstić information content (AvgIpc) is 3.27. The van der Waals surface area contributed by atoms with E-state index in [1.165, 1.54) is 4.90 Å². The quantitative estimate of drug-likeness (QED) is 0.199. The minimum atomic E-state index is -1.83. The van der Waals surface area contributed by atoms with Crippen molar-refractivity contribution in [3.8, 4) is 0 Å². The number of hydrogen-bond donors (Lipinski definition) is 6. The first-order valence-corrected chi connectivity index (χ1v) is 10.9. The van der Waals surface area contributed by atoms with E-state index in [2.05, 4.69) is 5.32 Å². The van der Waals surface area contributed by atoms with E-state index in [1.807, 2.05) is 23.5 Å². The molecule has 190 valence electrons. The predicted molar refractivity (Wildman–Crippen MR) is 119 cm³/mol. The largest absolute Gasteiger partial charge is 0.481 e. The Morgan fingerprint density at radius 1 is 0.943 bits per heavy atom. The Kier molecular flexibility index (Phi) is 9.70. The average molecular weight is 492 g/mol. The Bertz CT molecular complexity index is 969. The van der Waals surface area contributed by atoms with Crippen LogP contribution in [0.2, 0.25) is 0 Å². The summed E-state index contributed by atoms with van der Waals surface area (Å²) in [6.45, 7) is 0.245. The fourth-order valence-electron chi connectivity index (χ4n) is 3.77. The number of amides is 3. The highest BCUT2D eigenvalue weighted by Crippen LogP contribution is 2.19. The number of nitrogens with two attached hydrogens (primary N) is 1. The normalized spacial score (nSPS) is 17.6. The van der Waals surface area contributed by atoms with Crippen LogP contribution >= 0.6 is 0 Å². The molecule has 1 fully saturated rings. The van der Waals surface area contributed by atoms with E-state index in [1.54, 1.807) is 12.1 Å². The van der Waals surface area contributed by atoms with Gasteiger partial charge < -0.3 is 36.6 Å². The Hall–Kier alpha value is -4.00. The molecular weight excluding hydrogens is 464 g/mol. The molecule has 1 aromatic rings. The van der Waals surface area contributed by atoms with Gasteiger partial charge in [-0.1, -0.05) is 30.3 Å². The van der Waals surface area contributed by atoms with Crippen molar-refractivity contribution in [3.05, 3.63) is 35.9 Å². The predicted octanol–water partition coefficient (Wildman–Crippen LogP) is -1.45. The Morgan fingerprint density at radius 2 is 1.54 bits per heavy atom. The number of hydrogen-bond acceptors (Lipinski definition) is 7. The van der Waals surface area contributed by atoms with Crippen molar-refractivity contribution >= 4 is 35.6 Å². The van der Waals surface area contributed by atoms with Crippen molar-refractivity contribution < 1.29 is 44.1 Å². The summed E-state index contributed by atoms with van der Waals surface area (Å²) in [5.41, 5.74) is 6.90. The van der Waals surface area contributed by atoms with Crippen molar-refractivity contribution in [2.24, 2.45) is 5.73 Å². The molecule has 0 aromatic heterocycles. The van der Waals surface area contributed by atoms with Gasteiger partial charge in [0.15, 0.2) is 0 Å². The van der Waals surface area contributed by atoms with Gasteiger partial charge in [-0.2, -0.15) is 0 Å². The van der Waals surface area contributed by atoms with Crippen LogP contribution < -0.4 is 16.4 Å². The molecule has 13 nitrogen and oxygen atoms in total. The van der Waals surface area contributed by atoms with Crippen LogP contribution in [0.5, 0.6) is 0 Å². The second-order valence-electron chi connectivity index (χ2n) is 8.14. The van der Waals surface area contributed by atoms with Gasteiger partial charge in [-0.3, -0.25) is 24.0 Å². The van der Waals surface area contributed by atoms with Gasteiger partial charge in [0, 0.05) is 6.54 Å². The number of carboxylic acid groups (broad SMARTS) is 3. The second kappa shape index (κ2) is 12.5. The van der Waals surface area contributed by atoms with Crippen LogP contribution in [-0.4, -0.2) is 86.6 Å². The molecule has 2 rings (SSSR count). The first-order chi connectivity index (χ1) is 16.5. The van der Waals surface area contributed by atoms with E-state index in [0.29, 0.717) is 6.42 Å². The zero-order valence-corrected chi connectivity index (χ0v) is 18.8. The Labute approximate surface area is 200 Å². The first kappa shape index (κ1) is 27.2. The van der Waals surface area contributed by atoms with Crippen molar-refractivity contribution in [1.82, 2.24) is 15.5 Å². The standard InChI is InChI=1S/C22H28N4O9/c23-13(9-12-5-2-1-3-6-12)21(33)26-8-4-7-16(26)20(32)24-14(10-17(27)28)19(31)25-15(22(34)35)11-18(29)30/h1-3,5-6,13-16H,4,7-11,23H2,(H,24,32)(H,25,31)(H,27,28)(H,29,30)(H,34,35). The topological polar surface area (TPSA) is 216 Å². The monoisotopic (exact) mass is 492 g/mol. The molecule has 35 heavy (non-hydrogen) atoms. The molecule has 0 bridgehead atoms. The number of nitrogens with zero attached hydrogens (tertiary/aromatic N) is 1. The van der Waals surface area contributed by atoms with Gasteiger partial charge in [-0.25, -0.2) is 4.79 Å². The van der Waals surface area contributed by atoms with Crippen molar-refractivity contribution in [2.75, 3.05) is 6.54 Å².